The van der Waals surface area contributed by atoms with E-state index < -0.39 is 0 Å². The number of nitrogens with zero attached hydrogens (tertiary/aromatic N) is 2. The predicted molar refractivity (Wildman–Crippen MR) is 120 cm³/mol. The molecule has 2 N–H and O–H groups in total. The molecule has 4 heteroatoms. The second kappa shape index (κ2) is 7.41. The molecular formula is C26H18FN3. The molecule has 0 radical (unpaired) electrons. The highest BCUT2D eigenvalue weighted by atomic mass is 19.1. The Balaban J connectivity index is 1.62. The molecule has 3 aromatic carbocycles. The van der Waals surface area contributed by atoms with Gasteiger partial charge in [0.1, 0.15) is 11.6 Å². The average molecular weight is 391 g/mol. The molecule has 5 aromatic rings. The normalized spacial score (nSPS) is 11.0. The molecule has 0 saturated carbocycles. The number of hydrogen-bond acceptors (Lipinski definition) is 3. The molecule has 0 aliphatic heterocycles. The molecule has 0 fully saturated rings. The summed E-state index contributed by atoms with van der Waals surface area (Å²) in [5.41, 5.74) is 10.8. The van der Waals surface area contributed by atoms with Crippen molar-refractivity contribution >= 4 is 16.6 Å². The SMILES string of the molecule is Nc1ncc(-c2ccc(-c3ccccc3)cc2F)cc1-c1cncc2ccccc12. The lowest BCUT2D eigenvalue weighted by Gasteiger charge is -2.12. The van der Waals surface area contributed by atoms with Gasteiger partial charge >= 0.3 is 0 Å². The second-order valence-electron chi connectivity index (χ2n) is 7.13. The van der Waals surface area contributed by atoms with Crippen LogP contribution in [-0.4, -0.2) is 9.97 Å². The van der Waals surface area contributed by atoms with Crippen LogP contribution < -0.4 is 5.73 Å². The van der Waals surface area contributed by atoms with E-state index in [1.807, 2.05) is 72.9 Å². The standard InChI is InChI=1S/C26H18FN3/c27-25-13-18(17-6-2-1-3-7-17)10-11-22(25)20-12-23(26(28)30-15-20)24-16-29-14-19-8-4-5-9-21(19)24/h1-16H,(H2,28,30). The molecule has 0 amide bonds. The minimum absolute atomic E-state index is 0.301. The van der Waals surface area contributed by atoms with Crippen molar-refractivity contribution in [3.63, 3.8) is 0 Å². The van der Waals surface area contributed by atoms with Crippen molar-refractivity contribution in [2.24, 2.45) is 0 Å². The summed E-state index contributed by atoms with van der Waals surface area (Å²) in [6.45, 7) is 0. The zero-order valence-corrected chi connectivity index (χ0v) is 16.1. The Kier molecular flexibility index (Phi) is 4.45. The predicted octanol–water partition coefficient (Wildman–Crippen LogP) is 6.35. The summed E-state index contributed by atoms with van der Waals surface area (Å²) in [4.78, 5) is 8.68. The van der Waals surface area contributed by atoms with Crippen LogP contribution in [0.25, 0.3) is 44.2 Å². The van der Waals surface area contributed by atoms with Crippen LogP contribution in [-0.2, 0) is 0 Å². The molecule has 2 aromatic heterocycles. The van der Waals surface area contributed by atoms with Gasteiger partial charge in [0.25, 0.3) is 0 Å². The Labute approximate surface area is 173 Å². The molecule has 0 aliphatic carbocycles. The van der Waals surface area contributed by atoms with Crippen LogP contribution in [0.4, 0.5) is 10.2 Å². The Morgan fingerprint density at radius 2 is 1.43 bits per heavy atom. The van der Waals surface area contributed by atoms with Crippen molar-refractivity contribution in [1.29, 1.82) is 0 Å². The Morgan fingerprint density at radius 3 is 2.27 bits per heavy atom. The number of rotatable bonds is 3. The summed E-state index contributed by atoms with van der Waals surface area (Å²) in [6, 6.07) is 24.9. The highest BCUT2D eigenvalue weighted by Crippen LogP contribution is 2.35. The van der Waals surface area contributed by atoms with Crippen molar-refractivity contribution in [3.05, 3.63) is 103 Å². The zero-order valence-electron chi connectivity index (χ0n) is 16.1. The number of nitrogen functional groups attached to an aromatic ring is 1. The van der Waals surface area contributed by atoms with Crippen molar-refractivity contribution in [2.45, 2.75) is 0 Å². The molecule has 0 atom stereocenters. The van der Waals surface area contributed by atoms with Gasteiger partial charge in [-0.05, 0) is 28.6 Å². The smallest absolute Gasteiger partial charge is 0.131 e. The summed E-state index contributed by atoms with van der Waals surface area (Å²) in [5.74, 6) is 0.0862. The van der Waals surface area contributed by atoms with Gasteiger partial charge in [0.2, 0.25) is 0 Å². The van der Waals surface area contributed by atoms with Crippen LogP contribution in [0, 0.1) is 5.82 Å². The minimum Gasteiger partial charge on any atom is -0.383 e. The summed E-state index contributed by atoms with van der Waals surface area (Å²) < 4.78 is 15.0. The van der Waals surface area contributed by atoms with Crippen LogP contribution in [0.1, 0.15) is 0 Å². The molecule has 0 unspecified atom stereocenters. The molecule has 0 saturated heterocycles. The maximum atomic E-state index is 15.0. The maximum absolute atomic E-state index is 15.0. The van der Waals surface area contributed by atoms with Gasteiger partial charge in [-0.25, -0.2) is 9.37 Å². The topological polar surface area (TPSA) is 51.8 Å². The highest BCUT2D eigenvalue weighted by Gasteiger charge is 2.13. The summed E-state index contributed by atoms with van der Waals surface area (Å²) in [7, 11) is 0. The lowest BCUT2D eigenvalue weighted by Crippen LogP contribution is -1.97. The van der Waals surface area contributed by atoms with E-state index in [2.05, 4.69) is 9.97 Å². The molecule has 0 spiro atoms. The van der Waals surface area contributed by atoms with Gasteiger partial charge in [-0.2, -0.15) is 0 Å². The van der Waals surface area contributed by atoms with Crippen molar-refractivity contribution in [3.8, 4) is 33.4 Å². The van der Waals surface area contributed by atoms with E-state index in [4.69, 9.17) is 5.73 Å². The van der Waals surface area contributed by atoms with Crippen molar-refractivity contribution in [2.75, 3.05) is 5.73 Å². The number of anilines is 1. The van der Waals surface area contributed by atoms with Crippen molar-refractivity contribution in [1.82, 2.24) is 9.97 Å². The summed E-state index contributed by atoms with van der Waals surface area (Å²) >= 11 is 0. The van der Waals surface area contributed by atoms with Crippen LogP contribution in [0.2, 0.25) is 0 Å². The quantitative estimate of drug-likeness (QED) is 0.390. The number of aromatic nitrogens is 2. The third-order valence-corrected chi connectivity index (χ3v) is 5.26. The van der Waals surface area contributed by atoms with E-state index >= 15 is 4.39 Å². The van der Waals surface area contributed by atoms with E-state index in [0.29, 0.717) is 16.9 Å². The van der Waals surface area contributed by atoms with E-state index in [-0.39, 0.29) is 5.82 Å². The second-order valence-corrected chi connectivity index (χ2v) is 7.13. The molecular weight excluding hydrogens is 373 g/mol. The van der Waals surface area contributed by atoms with E-state index in [0.717, 1.165) is 33.0 Å². The maximum Gasteiger partial charge on any atom is 0.131 e. The summed E-state index contributed by atoms with van der Waals surface area (Å²) in [6.07, 6.45) is 5.20. The Bertz CT molecular complexity index is 1360. The zero-order chi connectivity index (χ0) is 20.5. The number of benzene rings is 3. The van der Waals surface area contributed by atoms with Gasteiger partial charge in [-0.3, -0.25) is 4.98 Å². The molecule has 3 nitrogen and oxygen atoms in total. The van der Waals surface area contributed by atoms with Crippen LogP contribution in [0.15, 0.2) is 97.5 Å². The van der Waals surface area contributed by atoms with Gasteiger partial charge in [-0.1, -0.05) is 66.7 Å². The van der Waals surface area contributed by atoms with E-state index in [1.54, 1.807) is 24.5 Å². The molecule has 0 aliphatic rings. The van der Waals surface area contributed by atoms with Gasteiger partial charge < -0.3 is 5.73 Å². The minimum atomic E-state index is -0.301. The fourth-order valence-corrected chi connectivity index (χ4v) is 3.73. The lowest BCUT2D eigenvalue weighted by molar-refractivity contribution is 0.632. The fraction of sp³-hybridized carbons (Fsp3) is 0. The van der Waals surface area contributed by atoms with E-state index in [9.17, 15) is 0 Å². The number of pyridine rings is 2. The third kappa shape index (κ3) is 3.18. The third-order valence-electron chi connectivity index (χ3n) is 5.26. The summed E-state index contributed by atoms with van der Waals surface area (Å²) in [5, 5.41) is 2.04. The molecule has 2 heterocycles. The van der Waals surface area contributed by atoms with Crippen LogP contribution in [0.3, 0.4) is 0 Å². The number of fused-ring (bicyclic) bond motifs is 1. The monoisotopic (exact) mass is 391 g/mol. The average Bonchev–Trinajstić information content (AvgIpc) is 2.80. The van der Waals surface area contributed by atoms with Gasteiger partial charge in [0.05, 0.1) is 0 Å². The van der Waals surface area contributed by atoms with Crippen molar-refractivity contribution < 1.29 is 4.39 Å². The van der Waals surface area contributed by atoms with E-state index in [1.165, 1.54) is 0 Å². The van der Waals surface area contributed by atoms with Gasteiger partial charge in [0, 0.05) is 46.2 Å². The largest absolute Gasteiger partial charge is 0.383 e. The van der Waals surface area contributed by atoms with Crippen LogP contribution >= 0.6 is 0 Å². The molecule has 144 valence electrons. The number of hydrogen-bond donors (Lipinski definition) is 1. The Morgan fingerprint density at radius 1 is 0.633 bits per heavy atom. The molecule has 30 heavy (non-hydrogen) atoms. The Hall–Kier alpha value is -4.05. The van der Waals surface area contributed by atoms with Gasteiger partial charge in [0.15, 0.2) is 0 Å². The first-order chi connectivity index (χ1) is 14.7. The number of halogens is 1. The number of nitrogens with two attached hydrogens (primary N) is 1. The highest BCUT2D eigenvalue weighted by molar-refractivity contribution is 5.98. The first-order valence-corrected chi connectivity index (χ1v) is 9.65. The van der Waals surface area contributed by atoms with Gasteiger partial charge in [-0.15, -0.1) is 0 Å². The first kappa shape index (κ1) is 18.0. The molecule has 0 bridgehead atoms. The fourth-order valence-electron chi connectivity index (χ4n) is 3.73. The lowest BCUT2D eigenvalue weighted by atomic mass is 9.96. The molecule has 5 rings (SSSR count). The van der Waals surface area contributed by atoms with Crippen LogP contribution in [0.5, 0.6) is 0 Å². The first-order valence-electron chi connectivity index (χ1n) is 9.65.